The molecular formula is C21H17N3O2S. The lowest BCUT2D eigenvalue weighted by Gasteiger charge is -2.06. The van der Waals surface area contributed by atoms with Gasteiger partial charge in [0, 0.05) is 22.2 Å². The van der Waals surface area contributed by atoms with Gasteiger partial charge >= 0.3 is 0 Å². The van der Waals surface area contributed by atoms with Gasteiger partial charge in [-0.25, -0.2) is 9.97 Å². The minimum Gasteiger partial charge on any atom is -0.436 e. The average Bonchev–Trinajstić information content (AvgIpc) is 3.32. The van der Waals surface area contributed by atoms with Crippen LogP contribution in [0.2, 0.25) is 0 Å². The number of carbonyl (C=O) groups excluding carboxylic acids is 1. The lowest BCUT2D eigenvalue weighted by atomic mass is 10.1. The van der Waals surface area contributed by atoms with Gasteiger partial charge in [-0.2, -0.15) is 0 Å². The third-order valence-electron chi connectivity index (χ3n) is 4.09. The van der Waals surface area contributed by atoms with E-state index < -0.39 is 0 Å². The van der Waals surface area contributed by atoms with E-state index in [-0.39, 0.29) is 5.91 Å². The number of nitrogens with one attached hydrogen (secondary N) is 1. The van der Waals surface area contributed by atoms with Gasteiger partial charge in [-0.3, -0.25) is 10.1 Å². The first-order valence-electron chi connectivity index (χ1n) is 8.46. The number of rotatable bonds is 4. The molecule has 0 aliphatic rings. The normalized spacial score (nSPS) is 10.7. The van der Waals surface area contributed by atoms with Crippen molar-refractivity contribution in [3.05, 3.63) is 76.9 Å². The zero-order valence-corrected chi connectivity index (χ0v) is 15.7. The number of nitrogens with zero attached hydrogens (tertiary/aromatic N) is 2. The molecule has 0 fully saturated rings. The summed E-state index contributed by atoms with van der Waals surface area (Å²) in [5.41, 5.74) is 3.25. The van der Waals surface area contributed by atoms with Gasteiger partial charge in [-0.1, -0.05) is 42.0 Å². The summed E-state index contributed by atoms with van der Waals surface area (Å²) in [6, 6.07) is 15.3. The number of oxazole rings is 1. The van der Waals surface area contributed by atoms with Gasteiger partial charge < -0.3 is 4.42 Å². The third-order valence-corrected chi connectivity index (χ3v) is 4.91. The lowest BCUT2D eigenvalue weighted by Crippen LogP contribution is -2.12. The number of amides is 1. The fraction of sp³-hybridized carbons (Fsp3) is 0.0952. The van der Waals surface area contributed by atoms with Crippen LogP contribution in [0.1, 0.15) is 20.8 Å². The maximum Gasteiger partial charge on any atom is 0.258 e. The van der Waals surface area contributed by atoms with Crippen molar-refractivity contribution in [3.8, 4) is 22.8 Å². The smallest absolute Gasteiger partial charge is 0.258 e. The molecule has 0 unspecified atom stereocenters. The number of aryl methyl sites for hydroxylation is 2. The van der Waals surface area contributed by atoms with Crippen LogP contribution in [0.5, 0.6) is 0 Å². The molecule has 0 atom stereocenters. The van der Waals surface area contributed by atoms with Crippen molar-refractivity contribution in [2.75, 3.05) is 5.32 Å². The van der Waals surface area contributed by atoms with Crippen LogP contribution in [0.15, 0.2) is 65.3 Å². The molecule has 1 N–H and O–H groups in total. The summed E-state index contributed by atoms with van der Waals surface area (Å²) in [4.78, 5) is 22.3. The third kappa shape index (κ3) is 3.66. The van der Waals surface area contributed by atoms with E-state index in [2.05, 4.69) is 15.3 Å². The van der Waals surface area contributed by atoms with E-state index in [9.17, 15) is 4.79 Å². The quantitative estimate of drug-likeness (QED) is 0.523. The first-order valence-corrected chi connectivity index (χ1v) is 9.28. The summed E-state index contributed by atoms with van der Waals surface area (Å²) in [5, 5.41) is 3.40. The van der Waals surface area contributed by atoms with Gasteiger partial charge in [0.2, 0.25) is 5.89 Å². The molecule has 2 aromatic carbocycles. The molecule has 0 bridgehead atoms. The first kappa shape index (κ1) is 17.2. The van der Waals surface area contributed by atoms with Crippen molar-refractivity contribution < 1.29 is 9.21 Å². The maximum absolute atomic E-state index is 12.7. The minimum atomic E-state index is -0.241. The fourth-order valence-electron chi connectivity index (χ4n) is 2.69. The highest BCUT2D eigenvalue weighted by Gasteiger charge is 2.17. The monoisotopic (exact) mass is 375 g/mol. The molecule has 0 saturated carbocycles. The van der Waals surface area contributed by atoms with Crippen LogP contribution in [-0.4, -0.2) is 15.9 Å². The van der Waals surface area contributed by atoms with Crippen molar-refractivity contribution in [3.63, 3.8) is 0 Å². The second-order valence-electron chi connectivity index (χ2n) is 6.17. The number of anilines is 1. The molecule has 5 nitrogen and oxygen atoms in total. The van der Waals surface area contributed by atoms with E-state index in [4.69, 9.17) is 4.42 Å². The Hall–Kier alpha value is -3.25. The Bertz CT molecular complexity index is 1100. The number of aromatic nitrogens is 2. The molecule has 0 spiro atoms. The van der Waals surface area contributed by atoms with E-state index in [0.29, 0.717) is 27.9 Å². The lowest BCUT2D eigenvalue weighted by molar-refractivity contribution is 0.102. The van der Waals surface area contributed by atoms with E-state index in [1.807, 2.05) is 56.3 Å². The molecule has 4 aromatic rings. The van der Waals surface area contributed by atoms with Gasteiger partial charge in [0.05, 0.1) is 11.8 Å². The molecule has 0 aliphatic heterocycles. The van der Waals surface area contributed by atoms with E-state index in [0.717, 1.165) is 10.4 Å². The predicted octanol–water partition coefficient (Wildman–Crippen LogP) is 5.33. The molecule has 2 heterocycles. The topological polar surface area (TPSA) is 68.0 Å². The largest absolute Gasteiger partial charge is 0.436 e. The molecule has 0 saturated heterocycles. The highest BCUT2D eigenvalue weighted by molar-refractivity contribution is 7.15. The summed E-state index contributed by atoms with van der Waals surface area (Å²) in [7, 11) is 0. The summed E-state index contributed by atoms with van der Waals surface area (Å²) < 4.78 is 5.94. The Morgan fingerprint density at radius 2 is 1.78 bits per heavy atom. The number of thiazole rings is 1. The fourth-order valence-corrected chi connectivity index (χ4v) is 3.35. The molecule has 27 heavy (non-hydrogen) atoms. The summed E-state index contributed by atoms with van der Waals surface area (Å²) in [6.07, 6.45) is 3.41. The van der Waals surface area contributed by atoms with E-state index in [1.54, 1.807) is 18.5 Å². The highest BCUT2D eigenvalue weighted by atomic mass is 32.1. The van der Waals surface area contributed by atoms with Gasteiger partial charge in [0.1, 0.15) is 0 Å². The van der Waals surface area contributed by atoms with Crippen molar-refractivity contribution >= 4 is 22.4 Å². The first-order chi connectivity index (χ1) is 13.1. The Morgan fingerprint density at radius 1 is 1.00 bits per heavy atom. The number of benzene rings is 2. The van der Waals surface area contributed by atoms with Crippen LogP contribution in [0.4, 0.5) is 5.13 Å². The average molecular weight is 375 g/mol. The number of hydrogen-bond donors (Lipinski definition) is 1. The molecule has 0 radical (unpaired) electrons. The van der Waals surface area contributed by atoms with Crippen molar-refractivity contribution in [1.82, 2.24) is 9.97 Å². The Balaban J connectivity index is 1.65. The van der Waals surface area contributed by atoms with Gasteiger partial charge in [-0.15, -0.1) is 11.3 Å². The van der Waals surface area contributed by atoms with Gasteiger partial charge in [-0.05, 0) is 26.0 Å². The molecule has 0 aliphatic carbocycles. The molecule has 2 aromatic heterocycles. The van der Waals surface area contributed by atoms with Gasteiger partial charge in [0.15, 0.2) is 10.9 Å². The number of hydrogen-bond acceptors (Lipinski definition) is 5. The molecule has 1 amide bonds. The van der Waals surface area contributed by atoms with Crippen LogP contribution < -0.4 is 5.32 Å². The van der Waals surface area contributed by atoms with Crippen LogP contribution in [-0.2, 0) is 0 Å². The summed E-state index contributed by atoms with van der Waals surface area (Å²) in [5.74, 6) is 0.831. The van der Waals surface area contributed by atoms with E-state index >= 15 is 0 Å². The van der Waals surface area contributed by atoms with Crippen LogP contribution in [0.3, 0.4) is 0 Å². The molecular weight excluding hydrogens is 358 g/mol. The Kier molecular flexibility index (Phi) is 4.56. The van der Waals surface area contributed by atoms with Crippen LogP contribution >= 0.6 is 11.3 Å². The summed E-state index contributed by atoms with van der Waals surface area (Å²) in [6.45, 7) is 3.98. The molecule has 4 rings (SSSR count). The summed E-state index contributed by atoms with van der Waals surface area (Å²) >= 11 is 1.43. The predicted molar refractivity (Wildman–Crippen MR) is 107 cm³/mol. The standard InChI is InChI=1S/C21H17N3O2S/c1-13-7-9-15(10-8-13)18-12-22-20(26-18)17-6-4-3-5-16(17)19(25)24-21-23-11-14(2)27-21/h3-12H,1-2H3,(H,23,24,25). The maximum atomic E-state index is 12.7. The number of carbonyl (C=O) groups is 1. The van der Waals surface area contributed by atoms with E-state index in [1.165, 1.54) is 16.9 Å². The minimum absolute atomic E-state index is 0.241. The second kappa shape index (κ2) is 7.17. The molecule has 6 heteroatoms. The van der Waals surface area contributed by atoms with Crippen LogP contribution in [0.25, 0.3) is 22.8 Å². The highest BCUT2D eigenvalue weighted by Crippen LogP contribution is 2.29. The van der Waals surface area contributed by atoms with Gasteiger partial charge in [0.25, 0.3) is 5.91 Å². The Morgan fingerprint density at radius 3 is 2.52 bits per heavy atom. The molecule has 134 valence electrons. The van der Waals surface area contributed by atoms with Crippen molar-refractivity contribution in [1.29, 1.82) is 0 Å². The zero-order valence-electron chi connectivity index (χ0n) is 14.9. The van der Waals surface area contributed by atoms with Crippen molar-refractivity contribution in [2.45, 2.75) is 13.8 Å². The van der Waals surface area contributed by atoms with Crippen LogP contribution in [0, 0.1) is 13.8 Å². The second-order valence-corrected chi connectivity index (χ2v) is 7.41. The van der Waals surface area contributed by atoms with Crippen molar-refractivity contribution in [2.24, 2.45) is 0 Å². The zero-order chi connectivity index (χ0) is 18.8. The SMILES string of the molecule is Cc1ccc(-c2cnc(-c3ccccc3C(=O)Nc3ncc(C)s3)o2)cc1. The Labute approximate surface area is 160 Å².